The van der Waals surface area contributed by atoms with Gasteiger partial charge in [-0.3, -0.25) is 0 Å². The van der Waals surface area contributed by atoms with Crippen molar-refractivity contribution in [2.75, 3.05) is 0 Å². The molecule has 0 radical (unpaired) electrons. The largest absolute Gasteiger partial charge is 0.412 e. The van der Waals surface area contributed by atoms with E-state index < -0.39 is 0 Å². The molecule has 0 aliphatic heterocycles. The normalized spacial score (nSPS) is 46.5. The average Bonchev–Trinajstić information content (AvgIpc) is 2.53. The summed E-state index contributed by atoms with van der Waals surface area (Å²) in [7, 11) is 0. The predicted octanol–water partition coefficient (Wildman–Crippen LogP) is 6.56. The molecule has 1 heteroatoms. The van der Waals surface area contributed by atoms with Crippen molar-refractivity contribution in [3.05, 3.63) is 7.43 Å². The third-order valence-electron chi connectivity index (χ3n) is 8.35. The lowest BCUT2D eigenvalue weighted by molar-refractivity contribution is 0.0649. The molecule has 3 rings (SSSR count). The number of rotatable bonds is 2. The maximum absolute atomic E-state index is 2.52. The topological polar surface area (TPSA) is 31.5 Å². The van der Waals surface area contributed by atoms with E-state index in [0.29, 0.717) is 0 Å². The summed E-state index contributed by atoms with van der Waals surface area (Å²) in [6, 6.07) is 0. The van der Waals surface area contributed by atoms with Crippen molar-refractivity contribution in [2.45, 2.75) is 91.9 Å². The van der Waals surface area contributed by atoms with Gasteiger partial charge in [-0.1, -0.05) is 40.5 Å². The zero-order chi connectivity index (χ0) is 15.7. The van der Waals surface area contributed by atoms with Crippen LogP contribution in [0.2, 0.25) is 0 Å². The van der Waals surface area contributed by atoms with E-state index in [2.05, 4.69) is 27.7 Å². The molecule has 0 spiro atoms. The molecule has 0 bridgehead atoms. The Bertz CT molecular complexity index is 324. The lowest BCUT2D eigenvalue weighted by Gasteiger charge is -2.44. The van der Waals surface area contributed by atoms with Crippen LogP contribution in [0.1, 0.15) is 91.9 Å². The van der Waals surface area contributed by atoms with Crippen molar-refractivity contribution in [3.8, 4) is 0 Å². The zero-order valence-electron chi connectivity index (χ0n) is 17.2. The molecule has 0 aromatic heterocycles. The highest BCUT2D eigenvalue weighted by molar-refractivity contribution is 4.88. The molecule has 144 valence electrons. The highest BCUT2D eigenvalue weighted by atomic mass is 16.0. The molecule has 0 aromatic carbocycles. The minimum Gasteiger partial charge on any atom is -0.412 e. The summed E-state index contributed by atoms with van der Waals surface area (Å²) in [5.41, 5.74) is 0. The molecule has 0 aromatic rings. The van der Waals surface area contributed by atoms with E-state index in [9.17, 15) is 0 Å². The van der Waals surface area contributed by atoms with Gasteiger partial charge in [-0.25, -0.2) is 0 Å². The molecule has 0 saturated heterocycles. The average molecular weight is 338 g/mol. The van der Waals surface area contributed by atoms with E-state index in [1.807, 2.05) is 0 Å². The molecule has 24 heavy (non-hydrogen) atoms. The first kappa shape index (κ1) is 22.0. The Labute approximate surface area is 152 Å². The molecule has 1 nitrogen and oxygen atoms in total. The van der Waals surface area contributed by atoms with E-state index >= 15 is 0 Å². The predicted molar refractivity (Wildman–Crippen MR) is 107 cm³/mol. The Kier molecular flexibility index (Phi) is 8.80. The summed E-state index contributed by atoms with van der Waals surface area (Å²) in [6.45, 7) is 9.98. The van der Waals surface area contributed by atoms with E-state index in [1.54, 1.807) is 38.5 Å². The third kappa shape index (κ3) is 4.99. The van der Waals surface area contributed by atoms with Crippen molar-refractivity contribution in [1.29, 1.82) is 0 Å². The maximum Gasteiger partial charge on any atom is -0.0381 e. The lowest BCUT2D eigenvalue weighted by atomic mass is 9.61. The van der Waals surface area contributed by atoms with Gasteiger partial charge in [-0.05, 0) is 98.7 Å². The first-order chi connectivity index (χ1) is 10.5. The summed E-state index contributed by atoms with van der Waals surface area (Å²) in [5.74, 6) is 8.24. The van der Waals surface area contributed by atoms with Gasteiger partial charge in [0.05, 0.1) is 0 Å². The van der Waals surface area contributed by atoms with Crippen molar-refractivity contribution in [2.24, 2.45) is 47.3 Å². The van der Waals surface area contributed by atoms with Crippen LogP contribution < -0.4 is 0 Å². The van der Waals surface area contributed by atoms with Crippen LogP contribution in [0.5, 0.6) is 0 Å². The molecule has 0 amide bonds. The van der Waals surface area contributed by atoms with Crippen LogP contribution in [0.15, 0.2) is 0 Å². The van der Waals surface area contributed by atoms with Crippen molar-refractivity contribution in [3.63, 3.8) is 0 Å². The summed E-state index contributed by atoms with van der Waals surface area (Å²) in [6.07, 6.45) is 15.4. The zero-order valence-corrected chi connectivity index (χ0v) is 17.2. The first-order valence-corrected chi connectivity index (χ1v) is 10.5. The molecule has 2 N–H and O–H groups in total. The van der Waals surface area contributed by atoms with Gasteiger partial charge in [0, 0.05) is 0 Å². The van der Waals surface area contributed by atoms with Gasteiger partial charge in [0.25, 0.3) is 0 Å². The van der Waals surface area contributed by atoms with Gasteiger partial charge < -0.3 is 12.9 Å². The number of hydrogen-bond acceptors (Lipinski definition) is 0. The Balaban J connectivity index is 0.00000144. The molecular formula is C23H45O-. The molecule has 3 aliphatic rings. The molecule has 3 aliphatic carbocycles. The van der Waals surface area contributed by atoms with Crippen LogP contribution in [0.4, 0.5) is 0 Å². The molecule has 3 saturated carbocycles. The molecule has 3 fully saturated rings. The monoisotopic (exact) mass is 337 g/mol. The summed E-state index contributed by atoms with van der Waals surface area (Å²) < 4.78 is 0. The van der Waals surface area contributed by atoms with Crippen molar-refractivity contribution in [1.82, 2.24) is 0 Å². The van der Waals surface area contributed by atoms with Gasteiger partial charge in [-0.2, -0.15) is 0 Å². The van der Waals surface area contributed by atoms with E-state index in [-0.39, 0.29) is 12.9 Å². The molecule has 2 unspecified atom stereocenters. The second-order valence-electron chi connectivity index (χ2n) is 9.74. The standard InChI is InChI=1S/C22H40.CH3.H2O/c1-15-5-7-19(8-6-15)20-9-11-21(12-10-20)22-13-16(2)18(4)17(3)14-22;;/h15-22H,5-14H2,1-4H3;1H3;1H2/q;-1;. The van der Waals surface area contributed by atoms with Crippen molar-refractivity contribution < 1.29 is 5.48 Å². The van der Waals surface area contributed by atoms with Gasteiger partial charge in [0.2, 0.25) is 0 Å². The SMILES string of the molecule is CC1CCC(C2CCC(C3CC(C)C(C)C(C)C3)CC2)CC1.O.[CH3-]. The fourth-order valence-electron chi connectivity index (χ4n) is 6.27. The van der Waals surface area contributed by atoms with E-state index in [4.69, 9.17) is 0 Å². The number of hydrogen-bond donors (Lipinski definition) is 0. The van der Waals surface area contributed by atoms with Gasteiger partial charge >= 0.3 is 0 Å². The molecule has 0 heterocycles. The first-order valence-electron chi connectivity index (χ1n) is 10.5. The Morgan fingerprint density at radius 2 is 0.833 bits per heavy atom. The minimum absolute atomic E-state index is 0. The van der Waals surface area contributed by atoms with Crippen LogP contribution >= 0.6 is 0 Å². The quantitative estimate of drug-likeness (QED) is 0.511. The van der Waals surface area contributed by atoms with Crippen LogP contribution in [0.3, 0.4) is 0 Å². The summed E-state index contributed by atoms with van der Waals surface area (Å²) in [5, 5.41) is 0. The Morgan fingerprint density at radius 3 is 1.25 bits per heavy atom. The highest BCUT2D eigenvalue weighted by Gasteiger charge is 2.37. The van der Waals surface area contributed by atoms with E-state index in [0.717, 1.165) is 47.3 Å². The van der Waals surface area contributed by atoms with Crippen LogP contribution in [-0.4, -0.2) is 5.48 Å². The summed E-state index contributed by atoms with van der Waals surface area (Å²) in [4.78, 5) is 0. The molecule has 2 atom stereocenters. The lowest BCUT2D eigenvalue weighted by Crippen LogP contribution is -2.34. The Hall–Kier alpha value is -0.0400. The summed E-state index contributed by atoms with van der Waals surface area (Å²) >= 11 is 0. The Morgan fingerprint density at radius 1 is 0.500 bits per heavy atom. The molecular weight excluding hydrogens is 292 g/mol. The van der Waals surface area contributed by atoms with Crippen molar-refractivity contribution >= 4 is 0 Å². The van der Waals surface area contributed by atoms with Gasteiger partial charge in [0.1, 0.15) is 0 Å². The maximum atomic E-state index is 2.52. The van der Waals surface area contributed by atoms with Gasteiger partial charge in [0.15, 0.2) is 0 Å². The second-order valence-corrected chi connectivity index (χ2v) is 9.74. The second kappa shape index (κ2) is 9.60. The smallest absolute Gasteiger partial charge is 0.0381 e. The fourth-order valence-corrected chi connectivity index (χ4v) is 6.27. The fraction of sp³-hybridized carbons (Fsp3) is 0.957. The van der Waals surface area contributed by atoms with Crippen LogP contribution in [0.25, 0.3) is 0 Å². The van der Waals surface area contributed by atoms with Crippen LogP contribution in [0, 0.1) is 54.8 Å². The van der Waals surface area contributed by atoms with E-state index in [1.165, 1.54) is 25.7 Å². The van der Waals surface area contributed by atoms with Crippen LogP contribution in [-0.2, 0) is 0 Å². The highest BCUT2D eigenvalue weighted by Crippen LogP contribution is 2.48. The minimum atomic E-state index is 0. The van der Waals surface area contributed by atoms with Gasteiger partial charge in [-0.15, -0.1) is 0 Å². The third-order valence-corrected chi connectivity index (χ3v) is 8.35.